The highest BCUT2D eigenvalue weighted by Gasteiger charge is 2.21. The third-order valence-electron chi connectivity index (χ3n) is 3.40. The number of halogens is 1. The van der Waals surface area contributed by atoms with Crippen molar-refractivity contribution in [2.75, 3.05) is 19.6 Å². The molecule has 1 aromatic rings. The van der Waals surface area contributed by atoms with Gasteiger partial charge in [-0.3, -0.25) is 9.69 Å². The summed E-state index contributed by atoms with van der Waals surface area (Å²) in [5.41, 5.74) is 0. The minimum Gasteiger partial charge on any atom is -0.296 e. The zero-order chi connectivity index (χ0) is 12.3. The molecule has 0 atom stereocenters. The summed E-state index contributed by atoms with van der Waals surface area (Å²) >= 11 is 7.22. The molecule has 17 heavy (non-hydrogen) atoms. The second kappa shape index (κ2) is 5.98. The zero-order valence-electron chi connectivity index (χ0n) is 10.1. The van der Waals surface area contributed by atoms with E-state index >= 15 is 0 Å². The van der Waals surface area contributed by atoms with E-state index in [1.165, 1.54) is 30.6 Å². The summed E-state index contributed by atoms with van der Waals surface area (Å²) in [4.78, 5) is 15.1. The Hall–Kier alpha value is -0.380. The number of likely N-dealkylation sites (N-methyl/N-ethyl adjacent to an activating group) is 1. The number of hydrogen-bond acceptors (Lipinski definition) is 3. The van der Waals surface area contributed by atoms with Crippen LogP contribution in [0.4, 0.5) is 0 Å². The molecule has 0 bridgehead atoms. The molecule has 0 radical (unpaired) electrons. The molecule has 94 valence electrons. The van der Waals surface area contributed by atoms with Gasteiger partial charge in [-0.15, -0.1) is 11.3 Å². The van der Waals surface area contributed by atoms with E-state index in [4.69, 9.17) is 11.6 Å². The Morgan fingerprint density at radius 2 is 2.29 bits per heavy atom. The molecule has 0 amide bonds. The fourth-order valence-corrected chi connectivity index (χ4v) is 3.06. The lowest BCUT2D eigenvalue weighted by molar-refractivity contribution is 0.0909. The highest BCUT2D eigenvalue weighted by atomic mass is 35.5. The van der Waals surface area contributed by atoms with Crippen molar-refractivity contribution in [1.82, 2.24) is 4.90 Å². The average molecular weight is 272 g/mol. The Balaban J connectivity index is 1.86. The highest BCUT2D eigenvalue weighted by molar-refractivity contribution is 7.18. The van der Waals surface area contributed by atoms with Crippen LogP contribution in [0.5, 0.6) is 0 Å². The smallest absolute Gasteiger partial charge is 0.186 e. The number of hydrogen-bond donors (Lipinski definition) is 0. The molecule has 2 rings (SSSR count). The molecule has 0 saturated heterocycles. The van der Waals surface area contributed by atoms with Gasteiger partial charge in [0.2, 0.25) is 0 Å². The van der Waals surface area contributed by atoms with Gasteiger partial charge in [0, 0.05) is 6.54 Å². The topological polar surface area (TPSA) is 20.3 Å². The van der Waals surface area contributed by atoms with Crippen LogP contribution in [-0.2, 0) is 0 Å². The van der Waals surface area contributed by atoms with Gasteiger partial charge in [-0.2, -0.15) is 0 Å². The summed E-state index contributed by atoms with van der Waals surface area (Å²) < 4.78 is 0.690. The number of rotatable bonds is 6. The van der Waals surface area contributed by atoms with Gasteiger partial charge in [0.05, 0.1) is 15.8 Å². The predicted octanol–water partition coefficient (Wildman–Crippen LogP) is 3.71. The molecule has 1 aromatic heterocycles. The van der Waals surface area contributed by atoms with Crippen molar-refractivity contribution in [3.8, 4) is 0 Å². The number of carbonyl (C=O) groups is 1. The van der Waals surface area contributed by atoms with Gasteiger partial charge in [-0.25, -0.2) is 0 Å². The summed E-state index contributed by atoms with van der Waals surface area (Å²) in [6.07, 6.45) is 4.02. The van der Waals surface area contributed by atoms with Crippen LogP contribution in [0, 0.1) is 5.92 Å². The molecule has 1 aliphatic carbocycles. The van der Waals surface area contributed by atoms with Crippen LogP contribution in [0.3, 0.4) is 0 Å². The van der Waals surface area contributed by atoms with E-state index in [9.17, 15) is 4.79 Å². The van der Waals surface area contributed by atoms with Crippen LogP contribution in [-0.4, -0.2) is 30.3 Å². The first-order valence-corrected chi connectivity index (χ1v) is 7.39. The first-order chi connectivity index (χ1) is 8.19. The van der Waals surface area contributed by atoms with Crippen LogP contribution < -0.4 is 0 Å². The number of Topliss-reactive ketones (excluding diaryl/α,β-unsaturated/α-hetero) is 1. The van der Waals surface area contributed by atoms with E-state index in [1.807, 2.05) is 6.07 Å². The molecule has 1 aliphatic rings. The Kier molecular flexibility index (Phi) is 4.60. The van der Waals surface area contributed by atoms with Gasteiger partial charge >= 0.3 is 0 Å². The van der Waals surface area contributed by atoms with Crippen LogP contribution >= 0.6 is 22.9 Å². The van der Waals surface area contributed by atoms with Gasteiger partial charge in [0.15, 0.2) is 5.78 Å². The van der Waals surface area contributed by atoms with Crippen molar-refractivity contribution in [3.63, 3.8) is 0 Å². The molecule has 0 unspecified atom stereocenters. The Morgan fingerprint density at radius 1 is 1.53 bits per heavy atom. The minimum atomic E-state index is 0.197. The van der Waals surface area contributed by atoms with Gasteiger partial charge < -0.3 is 0 Å². The maximum atomic E-state index is 12.0. The van der Waals surface area contributed by atoms with E-state index in [0.29, 0.717) is 10.9 Å². The zero-order valence-corrected chi connectivity index (χ0v) is 11.7. The molecule has 0 aliphatic heterocycles. The monoisotopic (exact) mass is 271 g/mol. The summed E-state index contributed by atoms with van der Waals surface area (Å²) in [5.74, 6) is 1.01. The quantitative estimate of drug-likeness (QED) is 0.735. The Bertz CT molecular complexity index is 387. The van der Waals surface area contributed by atoms with Crippen molar-refractivity contribution < 1.29 is 4.79 Å². The molecule has 0 aromatic carbocycles. The number of nitrogens with zero attached hydrogens (tertiary/aromatic N) is 1. The normalized spacial score (nSPS) is 16.2. The molecular weight excluding hydrogens is 254 g/mol. The molecule has 4 heteroatoms. The van der Waals surface area contributed by atoms with Gasteiger partial charge in [-0.1, -0.05) is 24.9 Å². The van der Waals surface area contributed by atoms with Gasteiger partial charge in [-0.05, 0) is 37.4 Å². The fraction of sp³-hybridized carbons (Fsp3) is 0.615. The van der Waals surface area contributed by atoms with Crippen molar-refractivity contribution in [3.05, 3.63) is 21.3 Å². The van der Waals surface area contributed by atoms with E-state index < -0.39 is 0 Å². The standard InChI is InChI=1S/C13H18ClNOS/c1-2-15(8-10-4-3-5-10)9-11(16)12-6-7-13(14)17-12/h6-7,10H,2-5,8-9H2,1H3. The molecular formula is C13H18ClNOS. The van der Waals surface area contributed by atoms with E-state index in [-0.39, 0.29) is 5.78 Å². The minimum absolute atomic E-state index is 0.197. The highest BCUT2D eigenvalue weighted by Crippen LogP contribution is 2.27. The molecule has 1 heterocycles. The Labute approximate surface area is 112 Å². The van der Waals surface area contributed by atoms with Crippen LogP contribution in [0.25, 0.3) is 0 Å². The molecule has 1 saturated carbocycles. The second-order valence-corrected chi connectivity index (χ2v) is 6.37. The van der Waals surface area contributed by atoms with E-state index in [1.54, 1.807) is 6.07 Å². The SMILES string of the molecule is CCN(CC(=O)c1ccc(Cl)s1)CC1CCC1. The van der Waals surface area contributed by atoms with Crippen LogP contribution in [0.15, 0.2) is 12.1 Å². The molecule has 0 N–H and O–H groups in total. The predicted molar refractivity (Wildman–Crippen MR) is 73.1 cm³/mol. The van der Waals surface area contributed by atoms with Crippen LogP contribution in [0.2, 0.25) is 4.34 Å². The van der Waals surface area contributed by atoms with Crippen molar-refractivity contribution in [2.45, 2.75) is 26.2 Å². The maximum absolute atomic E-state index is 12.0. The van der Waals surface area contributed by atoms with Crippen molar-refractivity contribution in [2.24, 2.45) is 5.92 Å². The maximum Gasteiger partial charge on any atom is 0.186 e. The Morgan fingerprint density at radius 3 is 2.76 bits per heavy atom. The second-order valence-electron chi connectivity index (χ2n) is 4.65. The third kappa shape index (κ3) is 3.54. The molecule has 1 fully saturated rings. The average Bonchev–Trinajstić information content (AvgIpc) is 2.68. The molecule has 2 nitrogen and oxygen atoms in total. The number of carbonyl (C=O) groups excluding carboxylic acids is 1. The molecule has 0 spiro atoms. The third-order valence-corrected chi connectivity index (χ3v) is 4.68. The van der Waals surface area contributed by atoms with Crippen molar-refractivity contribution in [1.29, 1.82) is 0 Å². The first kappa shape index (κ1) is 13.1. The summed E-state index contributed by atoms with van der Waals surface area (Å²) in [6, 6.07) is 3.62. The van der Waals surface area contributed by atoms with Gasteiger partial charge in [0.25, 0.3) is 0 Å². The van der Waals surface area contributed by atoms with Gasteiger partial charge in [0.1, 0.15) is 0 Å². The number of ketones is 1. The number of thiophene rings is 1. The summed E-state index contributed by atoms with van der Waals surface area (Å²) in [6.45, 7) is 4.67. The first-order valence-electron chi connectivity index (χ1n) is 6.20. The largest absolute Gasteiger partial charge is 0.296 e. The summed E-state index contributed by atoms with van der Waals surface area (Å²) in [7, 11) is 0. The lowest BCUT2D eigenvalue weighted by Gasteiger charge is -2.31. The lowest BCUT2D eigenvalue weighted by Crippen LogP contribution is -2.36. The van der Waals surface area contributed by atoms with Crippen molar-refractivity contribution >= 4 is 28.7 Å². The fourth-order valence-electron chi connectivity index (χ4n) is 2.09. The van der Waals surface area contributed by atoms with Crippen LogP contribution in [0.1, 0.15) is 35.9 Å². The summed E-state index contributed by atoms with van der Waals surface area (Å²) in [5, 5.41) is 0. The lowest BCUT2D eigenvalue weighted by atomic mass is 9.85. The van der Waals surface area contributed by atoms with E-state index in [2.05, 4.69) is 11.8 Å². The van der Waals surface area contributed by atoms with E-state index in [0.717, 1.165) is 23.9 Å².